The minimum Gasteiger partial charge on any atom is -0.593 e. The van der Waals surface area contributed by atoms with Crippen molar-refractivity contribution in [2.45, 2.75) is 62.8 Å². The van der Waals surface area contributed by atoms with E-state index in [9.17, 15) is 19.2 Å². The van der Waals surface area contributed by atoms with Crippen molar-refractivity contribution in [2.24, 2.45) is 11.5 Å². The van der Waals surface area contributed by atoms with E-state index in [2.05, 4.69) is 0 Å². The topological polar surface area (TPSA) is 136 Å². The number of piperidine rings is 2. The van der Waals surface area contributed by atoms with Crippen LogP contribution < -0.4 is 11.5 Å². The molecule has 3 rings (SSSR count). The minimum atomic E-state index is -3.54. The molecule has 2 aliphatic rings. The molecule has 1 aromatic carbocycles. The van der Waals surface area contributed by atoms with Crippen LogP contribution in [0.5, 0.6) is 0 Å². The van der Waals surface area contributed by atoms with Crippen molar-refractivity contribution in [3.8, 4) is 0 Å². The monoisotopic (exact) mass is 486 g/mol. The number of aliphatic hydroxyl groups excluding tert-OH is 1. The van der Waals surface area contributed by atoms with Crippen LogP contribution in [0.2, 0.25) is 0 Å². The first-order chi connectivity index (χ1) is 15.3. The molecular weight excluding hydrogens is 454 g/mol. The third-order valence-electron chi connectivity index (χ3n) is 6.67. The van der Waals surface area contributed by atoms with Crippen LogP contribution in [-0.2, 0) is 22.6 Å². The third kappa shape index (κ3) is 5.65. The summed E-state index contributed by atoms with van der Waals surface area (Å²) in [5.74, 6) is -0.885. The molecule has 8 nitrogen and oxygen atoms in total. The summed E-state index contributed by atoms with van der Waals surface area (Å²) >= 11 is -2.61. The second kappa shape index (κ2) is 9.83. The first kappa shape index (κ1) is 25.8. The number of carbonyl (C=O) groups is 2. The highest BCUT2D eigenvalue weighted by Crippen LogP contribution is 2.34. The molecule has 0 unspecified atom stereocenters. The lowest BCUT2D eigenvalue weighted by atomic mass is 9.89. The summed E-state index contributed by atoms with van der Waals surface area (Å²) in [4.78, 5) is 26.0. The number of hydrogen-bond donors (Lipinski definition) is 3. The summed E-state index contributed by atoms with van der Waals surface area (Å²) in [6, 6.07) is 3.18. The average Bonchev–Trinajstić information content (AvgIpc) is 2.76. The van der Waals surface area contributed by atoms with Crippen LogP contribution in [0.25, 0.3) is 0 Å². The largest absolute Gasteiger partial charge is 0.593 e. The van der Waals surface area contributed by atoms with Crippen LogP contribution in [0.1, 0.15) is 52.7 Å². The molecule has 2 saturated heterocycles. The molecule has 0 radical (unpaired) electrons. The van der Waals surface area contributed by atoms with Gasteiger partial charge in [-0.25, -0.2) is 0 Å². The highest BCUT2D eigenvalue weighted by molar-refractivity contribution is 7.90. The molecule has 1 atom stereocenters. The number of carbonyl (C=O) groups excluding carboxylic acids is 2. The van der Waals surface area contributed by atoms with Gasteiger partial charge in [0.1, 0.15) is 11.4 Å². The maximum Gasteiger partial charge on any atom is 0.429 e. The molecule has 0 aliphatic carbocycles. The Kier molecular flexibility index (Phi) is 7.69. The molecule has 0 saturated carbocycles. The minimum absolute atomic E-state index is 0.0163. The number of nitrogens with two attached hydrogens (primary N) is 2. The summed E-state index contributed by atoms with van der Waals surface area (Å²) in [7, 11) is 0. The Morgan fingerprint density at radius 2 is 1.70 bits per heavy atom. The maximum absolute atomic E-state index is 15.0. The van der Waals surface area contributed by atoms with Crippen molar-refractivity contribution in [3.05, 3.63) is 34.4 Å². The molecule has 0 aromatic heterocycles. The van der Waals surface area contributed by atoms with E-state index >= 15 is 8.78 Å². The SMILES string of the molecule is Cc1cc(C(=O)N2CCC(O)CC2)cc(C)c1CC(F)(F)[S@+]([O-])N1CCC(N)(C(N)=O)CC1. The predicted octanol–water partition coefficient (Wildman–Crippen LogP) is 0.978. The van der Waals surface area contributed by atoms with Crippen LogP contribution in [0.3, 0.4) is 0 Å². The number of amides is 2. The molecule has 2 fully saturated rings. The fourth-order valence-corrected chi connectivity index (χ4v) is 5.56. The number of primary amides is 1. The summed E-state index contributed by atoms with van der Waals surface area (Å²) in [6.07, 6.45) is 0.0168. The molecule has 0 bridgehead atoms. The van der Waals surface area contributed by atoms with Gasteiger partial charge >= 0.3 is 5.25 Å². The molecule has 33 heavy (non-hydrogen) atoms. The Labute approximate surface area is 195 Å². The van der Waals surface area contributed by atoms with Gasteiger partial charge in [0.05, 0.1) is 18.1 Å². The number of likely N-dealkylation sites (tertiary alicyclic amines) is 1. The molecule has 2 heterocycles. The Morgan fingerprint density at radius 1 is 1.18 bits per heavy atom. The van der Waals surface area contributed by atoms with Crippen molar-refractivity contribution in [1.29, 1.82) is 0 Å². The van der Waals surface area contributed by atoms with Crippen LogP contribution in [-0.4, -0.2) is 73.8 Å². The van der Waals surface area contributed by atoms with E-state index in [1.165, 1.54) is 0 Å². The molecule has 184 valence electrons. The Hall–Kier alpha value is -1.79. The predicted molar refractivity (Wildman–Crippen MR) is 121 cm³/mol. The van der Waals surface area contributed by atoms with Crippen molar-refractivity contribution in [1.82, 2.24) is 9.21 Å². The summed E-state index contributed by atoms with van der Waals surface area (Å²) < 4.78 is 43.9. The van der Waals surface area contributed by atoms with Gasteiger partial charge in [-0.15, -0.1) is 4.31 Å². The lowest BCUT2D eigenvalue weighted by Crippen LogP contribution is -2.60. The summed E-state index contributed by atoms with van der Waals surface area (Å²) in [5.41, 5.74) is 11.7. The lowest BCUT2D eigenvalue weighted by molar-refractivity contribution is -0.124. The quantitative estimate of drug-likeness (QED) is 0.513. The van der Waals surface area contributed by atoms with Gasteiger partial charge in [0.25, 0.3) is 5.91 Å². The fraction of sp³-hybridized carbons (Fsp3) is 0.636. The summed E-state index contributed by atoms with van der Waals surface area (Å²) in [5, 5.41) is 6.10. The smallest absolute Gasteiger partial charge is 0.429 e. The maximum atomic E-state index is 15.0. The molecular formula is C22H32F2N4O4S. The van der Waals surface area contributed by atoms with E-state index in [0.717, 1.165) is 4.31 Å². The highest BCUT2D eigenvalue weighted by Gasteiger charge is 2.51. The van der Waals surface area contributed by atoms with E-state index in [4.69, 9.17) is 11.5 Å². The van der Waals surface area contributed by atoms with Crippen LogP contribution >= 0.6 is 0 Å². The first-order valence-electron chi connectivity index (χ1n) is 11.0. The lowest BCUT2D eigenvalue weighted by Gasteiger charge is -2.37. The standard InChI is InChI=1S/C22H32F2N4O4S/c1-14-11-16(19(30)27-7-3-17(29)4-8-27)12-15(2)18(14)13-22(23,24)33(32)28-9-5-21(26,6-10-28)20(25)31/h11-12,17,29H,3-10,13,26H2,1-2H3,(H2,25,31)/t33-/m0/s1. The van der Waals surface area contributed by atoms with E-state index in [1.807, 2.05) is 0 Å². The molecule has 11 heteroatoms. The van der Waals surface area contributed by atoms with Gasteiger partial charge in [-0.2, -0.15) is 8.78 Å². The van der Waals surface area contributed by atoms with Gasteiger partial charge in [-0.3, -0.25) is 9.59 Å². The van der Waals surface area contributed by atoms with Crippen molar-refractivity contribution in [3.63, 3.8) is 0 Å². The molecule has 0 spiro atoms. The second-order valence-corrected chi connectivity index (χ2v) is 10.7. The van der Waals surface area contributed by atoms with E-state index in [0.29, 0.717) is 48.2 Å². The van der Waals surface area contributed by atoms with Gasteiger partial charge in [-0.1, -0.05) is 0 Å². The van der Waals surface area contributed by atoms with Crippen LogP contribution in [0, 0.1) is 13.8 Å². The van der Waals surface area contributed by atoms with Gasteiger partial charge in [0.2, 0.25) is 5.91 Å². The molecule has 2 amide bonds. The molecule has 1 aromatic rings. The first-order valence-corrected chi connectivity index (χ1v) is 12.2. The van der Waals surface area contributed by atoms with Crippen molar-refractivity contribution >= 4 is 23.2 Å². The highest BCUT2D eigenvalue weighted by atomic mass is 32.2. The van der Waals surface area contributed by atoms with Gasteiger partial charge in [0.15, 0.2) is 0 Å². The van der Waals surface area contributed by atoms with Crippen LogP contribution in [0.4, 0.5) is 8.78 Å². The van der Waals surface area contributed by atoms with Crippen LogP contribution in [0.15, 0.2) is 12.1 Å². The molecule has 5 N–H and O–H groups in total. The number of aryl methyl sites for hydroxylation is 2. The number of nitrogens with zero attached hydrogens (tertiary/aromatic N) is 2. The molecule has 2 aliphatic heterocycles. The number of rotatable bonds is 6. The number of benzene rings is 1. The fourth-order valence-electron chi connectivity index (χ4n) is 4.40. The van der Waals surface area contributed by atoms with Gasteiger partial charge in [-0.05, 0) is 68.4 Å². The normalized spacial score (nSPS) is 21.1. The van der Waals surface area contributed by atoms with E-state index in [-0.39, 0.29) is 31.8 Å². The van der Waals surface area contributed by atoms with Crippen molar-refractivity contribution < 1.29 is 28.0 Å². The average molecular weight is 487 g/mol. The second-order valence-electron chi connectivity index (χ2n) is 9.12. The zero-order chi connectivity index (χ0) is 24.6. The van der Waals surface area contributed by atoms with E-state index < -0.39 is 40.6 Å². The number of alkyl halides is 2. The number of halogens is 2. The number of hydrogen-bond acceptors (Lipinski definition) is 6. The summed E-state index contributed by atoms with van der Waals surface area (Å²) in [6.45, 7) is 4.19. The van der Waals surface area contributed by atoms with Gasteiger partial charge in [0, 0.05) is 31.7 Å². The Bertz CT molecular complexity index is 877. The van der Waals surface area contributed by atoms with Gasteiger partial charge < -0.3 is 26.0 Å². The Morgan fingerprint density at radius 3 is 2.18 bits per heavy atom. The zero-order valence-corrected chi connectivity index (χ0v) is 19.8. The van der Waals surface area contributed by atoms with E-state index in [1.54, 1.807) is 30.9 Å². The zero-order valence-electron chi connectivity index (χ0n) is 19.0. The Balaban J connectivity index is 1.70. The number of aliphatic hydroxyl groups is 1. The van der Waals surface area contributed by atoms with Crippen molar-refractivity contribution in [2.75, 3.05) is 26.2 Å². The third-order valence-corrected chi connectivity index (χ3v) is 8.16.